The average Bonchev–Trinajstić information content (AvgIpc) is 2.33. The van der Waals surface area contributed by atoms with Gasteiger partial charge in [-0.05, 0) is 35.4 Å². The fourth-order valence-electron chi connectivity index (χ4n) is 1.13. The number of hydrogen-bond donors (Lipinski definition) is 0. The van der Waals surface area contributed by atoms with Crippen LogP contribution in [0, 0.1) is 0 Å². The van der Waals surface area contributed by atoms with E-state index < -0.39 is 0 Å². The van der Waals surface area contributed by atoms with Crippen LogP contribution in [-0.4, -0.2) is 9.97 Å². The molecule has 0 saturated heterocycles. The van der Waals surface area contributed by atoms with Crippen LogP contribution in [0.4, 0.5) is 0 Å². The fourth-order valence-corrected chi connectivity index (χ4v) is 1.30. The third kappa shape index (κ3) is 3.33. The molecule has 2 rings (SSSR count). The van der Waals surface area contributed by atoms with Gasteiger partial charge in [-0.15, -0.1) is 0 Å². The van der Waals surface area contributed by atoms with Crippen molar-refractivity contribution in [2.45, 2.75) is 13.8 Å². The van der Waals surface area contributed by atoms with Gasteiger partial charge in [0.15, 0.2) is 0 Å². The second kappa shape index (κ2) is 6.14. The molecule has 2 nitrogen and oxygen atoms in total. The van der Waals surface area contributed by atoms with Crippen molar-refractivity contribution in [2.24, 2.45) is 0 Å². The molecule has 0 unspecified atom stereocenters. The van der Waals surface area contributed by atoms with E-state index in [1.807, 2.05) is 38.1 Å². The Morgan fingerprint density at radius 1 is 0.933 bits per heavy atom. The van der Waals surface area contributed by atoms with Crippen LogP contribution in [0.5, 0.6) is 0 Å². The molecule has 78 valence electrons. The number of rotatable bonds is 1. The van der Waals surface area contributed by atoms with Gasteiger partial charge >= 0.3 is 0 Å². The minimum absolute atomic E-state index is 0.509. The number of hydrogen-bond acceptors (Lipinski definition) is 2. The van der Waals surface area contributed by atoms with Crippen LogP contribution in [-0.2, 0) is 0 Å². The third-order valence-corrected chi connectivity index (χ3v) is 1.95. The molecule has 0 atom stereocenters. The van der Waals surface area contributed by atoms with Crippen molar-refractivity contribution >= 4 is 11.6 Å². The van der Waals surface area contributed by atoms with Crippen molar-refractivity contribution in [2.75, 3.05) is 0 Å². The number of aromatic nitrogens is 2. The molecule has 0 fully saturated rings. The number of halogens is 1. The summed E-state index contributed by atoms with van der Waals surface area (Å²) in [5.41, 5.74) is 2.15. The molecule has 0 aromatic carbocycles. The maximum Gasteiger partial charge on any atom is 0.129 e. The van der Waals surface area contributed by atoms with E-state index in [0.717, 1.165) is 11.1 Å². The van der Waals surface area contributed by atoms with Gasteiger partial charge in [-0.2, -0.15) is 0 Å². The van der Waals surface area contributed by atoms with Gasteiger partial charge in [0, 0.05) is 18.6 Å². The molecule has 0 N–H and O–H groups in total. The lowest BCUT2D eigenvalue weighted by Gasteiger charge is -1.99. The van der Waals surface area contributed by atoms with Crippen LogP contribution in [0.1, 0.15) is 13.8 Å². The van der Waals surface area contributed by atoms with Gasteiger partial charge in [0.25, 0.3) is 0 Å². The van der Waals surface area contributed by atoms with Gasteiger partial charge in [-0.3, -0.25) is 4.98 Å². The maximum atomic E-state index is 5.77. The van der Waals surface area contributed by atoms with E-state index in [2.05, 4.69) is 9.97 Å². The summed E-state index contributed by atoms with van der Waals surface area (Å²) in [5, 5.41) is 0.509. The molecule has 0 radical (unpaired) electrons. The molecule has 2 heterocycles. The van der Waals surface area contributed by atoms with E-state index in [9.17, 15) is 0 Å². The van der Waals surface area contributed by atoms with Gasteiger partial charge in [0.2, 0.25) is 0 Å². The van der Waals surface area contributed by atoms with Crippen LogP contribution < -0.4 is 0 Å². The number of pyridine rings is 2. The Hall–Kier alpha value is -1.41. The van der Waals surface area contributed by atoms with E-state index in [1.165, 1.54) is 0 Å². The monoisotopic (exact) mass is 220 g/mol. The van der Waals surface area contributed by atoms with Crippen molar-refractivity contribution in [3.05, 3.63) is 48.0 Å². The third-order valence-electron chi connectivity index (χ3n) is 1.74. The topological polar surface area (TPSA) is 25.8 Å². The Balaban J connectivity index is 0.000000531. The van der Waals surface area contributed by atoms with Crippen molar-refractivity contribution in [1.29, 1.82) is 0 Å². The van der Waals surface area contributed by atoms with E-state index in [0.29, 0.717) is 5.15 Å². The lowest BCUT2D eigenvalue weighted by molar-refractivity contribution is 1.31. The van der Waals surface area contributed by atoms with Crippen LogP contribution in [0.25, 0.3) is 11.1 Å². The normalized spacial score (nSPS) is 9.00. The van der Waals surface area contributed by atoms with Gasteiger partial charge in [-0.25, -0.2) is 4.98 Å². The summed E-state index contributed by atoms with van der Waals surface area (Å²) in [6, 6.07) is 7.62. The van der Waals surface area contributed by atoms with Crippen molar-refractivity contribution in [3.63, 3.8) is 0 Å². The zero-order valence-electron chi connectivity index (χ0n) is 8.81. The molecule has 0 aliphatic heterocycles. The second-order valence-electron chi connectivity index (χ2n) is 2.60. The molecular formula is C12H13ClN2. The van der Waals surface area contributed by atoms with Crippen LogP contribution in [0.3, 0.4) is 0 Å². The summed E-state index contributed by atoms with van der Waals surface area (Å²) in [7, 11) is 0. The highest BCUT2D eigenvalue weighted by Crippen LogP contribution is 2.19. The van der Waals surface area contributed by atoms with Crippen LogP contribution in [0.2, 0.25) is 5.15 Å². The zero-order chi connectivity index (χ0) is 11.1. The quantitative estimate of drug-likeness (QED) is 0.683. The zero-order valence-corrected chi connectivity index (χ0v) is 9.57. The van der Waals surface area contributed by atoms with Crippen molar-refractivity contribution in [3.8, 4) is 11.1 Å². The first kappa shape index (κ1) is 11.7. The summed E-state index contributed by atoms with van der Waals surface area (Å²) in [4.78, 5) is 7.86. The molecule has 0 bridgehead atoms. The Morgan fingerprint density at radius 2 is 1.53 bits per heavy atom. The summed E-state index contributed by atoms with van der Waals surface area (Å²) in [6.45, 7) is 4.00. The predicted octanol–water partition coefficient (Wildman–Crippen LogP) is 3.82. The lowest BCUT2D eigenvalue weighted by Crippen LogP contribution is -1.79. The van der Waals surface area contributed by atoms with Crippen LogP contribution >= 0.6 is 11.6 Å². The molecule has 2 aromatic rings. The minimum Gasteiger partial charge on any atom is -0.265 e. The smallest absolute Gasteiger partial charge is 0.129 e. The molecule has 3 heteroatoms. The van der Waals surface area contributed by atoms with Gasteiger partial charge < -0.3 is 0 Å². The molecule has 0 spiro atoms. The van der Waals surface area contributed by atoms with E-state index in [4.69, 9.17) is 11.6 Å². The molecule has 0 aliphatic carbocycles. The molecule has 0 amide bonds. The first-order chi connectivity index (χ1) is 7.36. The summed E-state index contributed by atoms with van der Waals surface area (Å²) >= 11 is 5.77. The number of nitrogens with zero attached hydrogens (tertiary/aromatic N) is 2. The maximum absolute atomic E-state index is 5.77. The van der Waals surface area contributed by atoms with Crippen molar-refractivity contribution < 1.29 is 0 Å². The predicted molar refractivity (Wildman–Crippen MR) is 63.8 cm³/mol. The highest BCUT2D eigenvalue weighted by Gasteiger charge is 1.96. The van der Waals surface area contributed by atoms with Gasteiger partial charge in [0.05, 0.1) is 0 Å². The largest absolute Gasteiger partial charge is 0.265 e. The fraction of sp³-hybridized carbons (Fsp3) is 0.167. The first-order valence-electron chi connectivity index (χ1n) is 4.88. The average molecular weight is 221 g/mol. The second-order valence-corrected chi connectivity index (χ2v) is 2.99. The summed E-state index contributed by atoms with van der Waals surface area (Å²) in [5.74, 6) is 0. The highest BCUT2D eigenvalue weighted by atomic mass is 35.5. The minimum atomic E-state index is 0.509. The van der Waals surface area contributed by atoms with Gasteiger partial charge in [-0.1, -0.05) is 25.4 Å². The Morgan fingerprint density at radius 3 is 2.13 bits per heavy atom. The lowest BCUT2D eigenvalue weighted by atomic mass is 10.1. The molecule has 2 aromatic heterocycles. The van der Waals surface area contributed by atoms with E-state index >= 15 is 0 Å². The molecule has 0 saturated carbocycles. The Labute approximate surface area is 95.0 Å². The molecule has 15 heavy (non-hydrogen) atoms. The summed E-state index contributed by atoms with van der Waals surface area (Å²) in [6.07, 6.45) is 5.20. The molecule has 0 aliphatic rings. The van der Waals surface area contributed by atoms with Gasteiger partial charge in [0.1, 0.15) is 5.15 Å². The Kier molecular flexibility index (Phi) is 4.78. The Bertz CT molecular complexity index is 401. The first-order valence-corrected chi connectivity index (χ1v) is 5.26. The summed E-state index contributed by atoms with van der Waals surface area (Å²) < 4.78 is 0. The van der Waals surface area contributed by atoms with Crippen molar-refractivity contribution in [1.82, 2.24) is 9.97 Å². The molecular weight excluding hydrogens is 208 g/mol. The standard InChI is InChI=1S/C10H7ClN2.C2H6/c11-10-7-9(3-6-13-10)8-1-4-12-5-2-8;1-2/h1-7H;1-2H3. The van der Waals surface area contributed by atoms with Crippen LogP contribution in [0.15, 0.2) is 42.9 Å². The highest BCUT2D eigenvalue weighted by molar-refractivity contribution is 6.29. The van der Waals surface area contributed by atoms with E-state index in [-0.39, 0.29) is 0 Å². The van der Waals surface area contributed by atoms with E-state index in [1.54, 1.807) is 18.6 Å². The SMILES string of the molecule is CC.Clc1cc(-c2ccncc2)ccn1.